The Bertz CT molecular complexity index is 1730. The van der Waals surface area contributed by atoms with Crippen LogP contribution in [0.2, 0.25) is 10.0 Å². The molecule has 260 valence electrons. The molecule has 0 saturated heterocycles. The van der Waals surface area contributed by atoms with E-state index in [0.717, 1.165) is 38.9 Å². The Morgan fingerprint density at radius 2 is 1.53 bits per heavy atom. The smallest absolute Gasteiger partial charge is 0.407 e. The minimum absolute atomic E-state index is 0.118. The average Bonchev–Trinajstić information content (AvgIpc) is 3.02. The van der Waals surface area contributed by atoms with E-state index in [9.17, 15) is 14.7 Å². The van der Waals surface area contributed by atoms with Crippen LogP contribution in [-0.2, 0) is 17.6 Å². The molecule has 4 aromatic rings. The number of nitrogens with two attached hydrogens (primary N) is 1. The van der Waals surface area contributed by atoms with Gasteiger partial charge < -0.3 is 30.0 Å². The Morgan fingerprint density at radius 1 is 0.878 bits per heavy atom. The number of ether oxygens (including phenoxy) is 3. The number of nitrogens with zero attached hydrogens (tertiary/aromatic N) is 1. The van der Waals surface area contributed by atoms with Gasteiger partial charge in [-0.05, 0) is 104 Å². The first kappa shape index (κ1) is 37.4. The molecule has 49 heavy (non-hydrogen) atoms. The standard InChI is InChI=1S/C39H44Cl2N2O6/c1-25-20-34(40)36(35(41)21-25)48-19-18-47-31-13-10-27(11-14-31)23-30(24-43(38(45)46)39(3,4)5)32-15-12-29(22-26(32)2)33-9-7-6-8-28(33)16-17-49-37(42)44/h6-15,20-22,30H,16-19,23-24H2,1-5H3,(H2,42,44)(H,45,46). The summed E-state index contributed by atoms with van der Waals surface area (Å²) in [7, 11) is 0. The monoisotopic (exact) mass is 706 g/mol. The number of amides is 2. The fraction of sp³-hybridized carbons (Fsp3) is 0.333. The van der Waals surface area contributed by atoms with Crippen molar-refractivity contribution in [3.8, 4) is 22.6 Å². The molecule has 0 aliphatic rings. The van der Waals surface area contributed by atoms with Crippen molar-refractivity contribution in [2.75, 3.05) is 26.4 Å². The third kappa shape index (κ3) is 10.5. The minimum Gasteiger partial charge on any atom is -0.490 e. The molecule has 0 saturated carbocycles. The van der Waals surface area contributed by atoms with E-state index < -0.39 is 17.7 Å². The summed E-state index contributed by atoms with van der Waals surface area (Å²) in [5, 5.41) is 11.1. The van der Waals surface area contributed by atoms with E-state index in [-0.39, 0.29) is 19.1 Å². The molecule has 0 aliphatic carbocycles. The first-order valence-electron chi connectivity index (χ1n) is 16.1. The molecule has 0 aromatic heterocycles. The second kappa shape index (κ2) is 16.8. The summed E-state index contributed by atoms with van der Waals surface area (Å²) in [5.74, 6) is 1.01. The van der Waals surface area contributed by atoms with Crippen molar-refractivity contribution >= 4 is 35.4 Å². The number of hydrogen-bond acceptors (Lipinski definition) is 5. The lowest BCUT2D eigenvalue weighted by Crippen LogP contribution is -2.47. The molecule has 10 heteroatoms. The summed E-state index contributed by atoms with van der Waals surface area (Å²) >= 11 is 12.6. The van der Waals surface area contributed by atoms with Gasteiger partial charge in [0.05, 0.1) is 16.7 Å². The van der Waals surface area contributed by atoms with Crippen molar-refractivity contribution in [1.82, 2.24) is 4.90 Å². The Morgan fingerprint density at radius 3 is 2.14 bits per heavy atom. The zero-order valence-electron chi connectivity index (χ0n) is 28.6. The van der Waals surface area contributed by atoms with Crippen LogP contribution in [0.5, 0.6) is 11.5 Å². The van der Waals surface area contributed by atoms with Crippen molar-refractivity contribution in [2.45, 2.75) is 58.9 Å². The molecule has 0 fully saturated rings. The predicted molar refractivity (Wildman–Crippen MR) is 195 cm³/mol. The van der Waals surface area contributed by atoms with Gasteiger partial charge in [0.1, 0.15) is 19.0 Å². The molecule has 1 unspecified atom stereocenters. The average molecular weight is 708 g/mol. The van der Waals surface area contributed by atoms with Gasteiger partial charge in [-0.1, -0.05) is 77.8 Å². The Labute approximate surface area is 298 Å². The highest BCUT2D eigenvalue weighted by atomic mass is 35.5. The number of rotatable bonds is 14. The normalized spacial score (nSPS) is 11.9. The minimum atomic E-state index is -0.960. The van der Waals surface area contributed by atoms with Crippen LogP contribution >= 0.6 is 23.2 Å². The van der Waals surface area contributed by atoms with Crippen LogP contribution in [0.15, 0.2) is 78.9 Å². The maximum Gasteiger partial charge on any atom is 0.407 e. The molecule has 0 aliphatic heterocycles. The van der Waals surface area contributed by atoms with Crippen molar-refractivity contribution in [2.24, 2.45) is 5.73 Å². The predicted octanol–water partition coefficient (Wildman–Crippen LogP) is 9.48. The van der Waals surface area contributed by atoms with Gasteiger partial charge in [0, 0.05) is 24.4 Å². The third-order valence-electron chi connectivity index (χ3n) is 8.24. The Hall–Kier alpha value is -4.40. The maximum absolute atomic E-state index is 12.4. The highest BCUT2D eigenvalue weighted by molar-refractivity contribution is 6.37. The molecule has 1 atom stereocenters. The van der Waals surface area contributed by atoms with E-state index in [1.165, 1.54) is 4.90 Å². The van der Waals surface area contributed by atoms with Crippen LogP contribution in [0.25, 0.3) is 11.1 Å². The number of hydrogen-bond donors (Lipinski definition) is 2. The van der Waals surface area contributed by atoms with Gasteiger partial charge in [-0.25, -0.2) is 9.59 Å². The molecule has 4 aromatic carbocycles. The zero-order valence-corrected chi connectivity index (χ0v) is 30.1. The summed E-state index contributed by atoms with van der Waals surface area (Å²) < 4.78 is 16.7. The number of halogens is 2. The number of carbonyl (C=O) groups excluding carboxylic acids is 1. The summed E-state index contributed by atoms with van der Waals surface area (Å²) in [5.41, 5.74) is 11.8. The molecule has 0 spiro atoms. The fourth-order valence-corrected chi connectivity index (χ4v) is 6.55. The van der Waals surface area contributed by atoms with Crippen LogP contribution in [0.1, 0.15) is 54.5 Å². The lowest BCUT2D eigenvalue weighted by molar-refractivity contribution is 0.0955. The van der Waals surface area contributed by atoms with Crippen LogP contribution in [0.4, 0.5) is 9.59 Å². The Kier molecular flexibility index (Phi) is 12.8. The van der Waals surface area contributed by atoms with Gasteiger partial charge in [0.2, 0.25) is 0 Å². The second-order valence-electron chi connectivity index (χ2n) is 13.0. The summed E-state index contributed by atoms with van der Waals surface area (Å²) in [6, 6.07) is 25.7. The number of benzene rings is 4. The summed E-state index contributed by atoms with van der Waals surface area (Å²) in [4.78, 5) is 25.0. The van der Waals surface area contributed by atoms with E-state index >= 15 is 0 Å². The SMILES string of the molecule is Cc1cc(Cl)c(OCCOc2ccc(CC(CN(C(=O)O)C(C)(C)C)c3ccc(-c4ccccc4CCOC(N)=O)cc3C)cc2)c(Cl)c1. The van der Waals surface area contributed by atoms with E-state index in [2.05, 4.69) is 25.1 Å². The first-order chi connectivity index (χ1) is 23.2. The molecule has 0 radical (unpaired) electrons. The highest BCUT2D eigenvalue weighted by Crippen LogP contribution is 2.35. The molecule has 2 amide bonds. The van der Waals surface area contributed by atoms with Gasteiger partial charge >= 0.3 is 12.2 Å². The molecule has 4 rings (SSSR count). The van der Waals surface area contributed by atoms with Crippen LogP contribution in [-0.4, -0.2) is 54.1 Å². The summed E-state index contributed by atoms with van der Waals surface area (Å²) in [6.45, 7) is 10.8. The number of carbonyl (C=O) groups is 2. The van der Waals surface area contributed by atoms with E-state index in [4.69, 9.17) is 43.1 Å². The first-order valence-corrected chi connectivity index (χ1v) is 16.9. The fourth-order valence-electron chi connectivity index (χ4n) is 5.85. The van der Waals surface area contributed by atoms with Crippen molar-refractivity contribution in [3.63, 3.8) is 0 Å². The van der Waals surface area contributed by atoms with Crippen LogP contribution in [0.3, 0.4) is 0 Å². The highest BCUT2D eigenvalue weighted by Gasteiger charge is 2.30. The lowest BCUT2D eigenvalue weighted by Gasteiger charge is -2.36. The van der Waals surface area contributed by atoms with Gasteiger partial charge in [0.15, 0.2) is 5.75 Å². The van der Waals surface area contributed by atoms with Crippen molar-refractivity contribution in [1.29, 1.82) is 0 Å². The van der Waals surface area contributed by atoms with Crippen molar-refractivity contribution in [3.05, 3.63) is 117 Å². The molecule has 0 bridgehead atoms. The zero-order chi connectivity index (χ0) is 35.7. The second-order valence-corrected chi connectivity index (χ2v) is 13.8. The van der Waals surface area contributed by atoms with E-state index in [1.54, 1.807) is 12.1 Å². The topological polar surface area (TPSA) is 111 Å². The molecule has 8 nitrogen and oxygen atoms in total. The van der Waals surface area contributed by atoms with E-state index in [1.807, 2.05) is 76.2 Å². The van der Waals surface area contributed by atoms with Crippen LogP contribution < -0.4 is 15.2 Å². The molecule has 3 N–H and O–H groups in total. The van der Waals surface area contributed by atoms with Gasteiger partial charge in [-0.15, -0.1) is 0 Å². The number of aryl methyl sites for hydroxylation is 2. The molecular formula is C39H44Cl2N2O6. The largest absolute Gasteiger partial charge is 0.490 e. The third-order valence-corrected chi connectivity index (χ3v) is 8.81. The summed E-state index contributed by atoms with van der Waals surface area (Å²) in [6.07, 6.45) is -0.603. The van der Waals surface area contributed by atoms with Crippen LogP contribution in [0, 0.1) is 13.8 Å². The van der Waals surface area contributed by atoms with E-state index in [0.29, 0.717) is 47.5 Å². The molecule has 0 heterocycles. The van der Waals surface area contributed by atoms with Gasteiger partial charge in [-0.3, -0.25) is 0 Å². The molecular weight excluding hydrogens is 663 g/mol. The quantitative estimate of drug-likeness (QED) is 0.126. The Balaban J connectivity index is 1.51. The maximum atomic E-state index is 12.4. The van der Waals surface area contributed by atoms with Gasteiger partial charge in [-0.2, -0.15) is 0 Å². The van der Waals surface area contributed by atoms with Gasteiger partial charge in [0.25, 0.3) is 0 Å². The number of carboxylic acid groups (broad SMARTS) is 1. The van der Waals surface area contributed by atoms with Crippen molar-refractivity contribution < 1.29 is 28.9 Å². The number of primary amides is 1. The lowest BCUT2D eigenvalue weighted by atomic mass is 9.86.